The van der Waals surface area contributed by atoms with Gasteiger partial charge in [0.2, 0.25) is 5.91 Å². The molecule has 37 heavy (non-hydrogen) atoms. The number of fused-ring (bicyclic) bond motifs is 1. The molecule has 0 radical (unpaired) electrons. The van der Waals surface area contributed by atoms with E-state index in [1.807, 2.05) is 65.7 Å². The van der Waals surface area contributed by atoms with Gasteiger partial charge in [-0.25, -0.2) is 4.98 Å². The van der Waals surface area contributed by atoms with Crippen LogP contribution in [-0.2, 0) is 4.79 Å². The number of carbonyl (C=O) groups excluding carboxylic acids is 1. The summed E-state index contributed by atoms with van der Waals surface area (Å²) in [6.45, 7) is 4.72. The van der Waals surface area contributed by atoms with Gasteiger partial charge in [0.1, 0.15) is 17.4 Å². The van der Waals surface area contributed by atoms with Crippen LogP contribution in [0, 0.1) is 5.92 Å². The second-order valence-electron chi connectivity index (χ2n) is 9.48. The number of hydrogen-bond donors (Lipinski definition) is 0. The molecule has 10 nitrogen and oxygen atoms in total. The van der Waals surface area contributed by atoms with Gasteiger partial charge in [0.15, 0.2) is 11.5 Å². The molecule has 0 spiro atoms. The minimum Gasteiger partial charge on any atom is -0.497 e. The van der Waals surface area contributed by atoms with E-state index in [1.54, 1.807) is 11.6 Å². The van der Waals surface area contributed by atoms with Crippen LogP contribution in [-0.4, -0.2) is 82.0 Å². The molecule has 2 aliphatic heterocycles. The lowest BCUT2D eigenvalue weighted by Gasteiger charge is -2.39. The first-order valence-corrected chi connectivity index (χ1v) is 12.8. The smallest absolute Gasteiger partial charge is 0.225 e. The molecule has 2 fully saturated rings. The topological polar surface area (TPSA) is 92.0 Å². The summed E-state index contributed by atoms with van der Waals surface area (Å²) in [4.78, 5) is 24.2. The molecule has 6 rings (SSSR count). The Morgan fingerprint density at radius 1 is 0.838 bits per heavy atom. The first kappa shape index (κ1) is 23.2. The Morgan fingerprint density at radius 2 is 1.59 bits per heavy atom. The van der Waals surface area contributed by atoms with Crippen LogP contribution >= 0.6 is 0 Å². The predicted molar refractivity (Wildman–Crippen MR) is 141 cm³/mol. The molecule has 4 aromatic rings. The van der Waals surface area contributed by atoms with Gasteiger partial charge in [0, 0.05) is 56.9 Å². The normalized spacial score (nSPS) is 16.8. The van der Waals surface area contributed by atoms with Gasteiger partial charge in [-0.05, 0) is 61.4 Å². The van der Waals surface area contributed by atoms with Crippen LogP contribution in [0.25, 0.3) is 17.0 Å². The number of piperazine rings is 1. The van der Waals surface area contributed by atoms with E-state index in [9.17, 15) is 4.79 Å². The summed E-state index contributed by atoms with van der Waals surface area (Å²) in [6.07, 6.45) is 3.47. The van der Waals surface area contributed by atoms with E-state index in [1.165, 1.54) is 0 Å². The molecule has 0 unspecified atom stereocenters. The Labute approximate surface area is 215 Å². The summed E-state index contributed by atoms with van der Waals surface area (Å²) in [5.74, 6) is 3.68. The maximum absolute atomic E-state index is 13.3. The lowest BCUT2D eigenvalue weighted by atomic mass is 9.95. The van der Waals surface area contributed by atoms with Crippen molar-refractivity contribution in [2.75, 3.05) is 56.2 Å². The number of benzene rings is 1. The molecule has 10 heteroatoms. The SMILES string of the molecule is COc1ccc(-c2nnc3ccc(N4CCC(C(=O)N5CCN(c6ccccn6)CC5)CC4)nn23)cc1. The number of pyridine rings is 1. The number of carbonyl (C=O) groups is 1. The molecule has 0 N–H and O–H groups in total. The highest BCUT2D eigenvalue weighted by Crippen LogP contribution is 2.26. The fraction of sp³-hybridized carbons (Fsp3) is 0.370. The molecule has 190 valence electrons. The molecular weight excluding hydrogens is 468 g/mol. The summed E-state index contributed by atoms with van der Waals surface area (Å²) < 4.78 is 7.05. The fourth-order valence-corrected chi connectivity index (χ4v) is 5.18. The highest BCUT2D eigenvalue weighted by molar-refractivity contribution is 5.79. The van der Waals surface area contributed by atoms with Gasteiger partial charge in [-0.3, -0.25) is 4.79 Å². The quantitative estimate of drug-likeness (QED) is 0.415. The lowest BCUT2D eigenvalue weighted by Crippen LogP contribution is -2.52. The number of rotatable bonds is 5. The lowest BCUT2D eigenvalue weighted by molar-refractivity contribution is -0.136. The summed E-state index contributed by atoms with van der Waals surface area (Å²) in [7, 11) is 1.65. The Hall–Kier alpha value is -4.21. The van der Waals surface area contributed by atoms with Crippen molar-refractivity contribution >= 4 is 23.2 Å². The number of aromatic nitrogens is 5. The summed E-state index contributed by atoms with van der Waals surface area (Å²) in [6, 6.07) is 17.6. The number of methoxy groups -OCH3 is 1. The van der Waals surface area contributed by atoms with E-state index >= 15 is 0 Å². The molecule has 2 aliphatic rings. The van der Waals surface area contributed by atoms with Crippen LogP contribution in [0.15, 0.2) is 60.8 Å². The standard InChI is InChI=1S/C27H30N8O2/c1-37-22-7-5-20(6-8-22)26-30-29-24-9-10-25(31-35(24)26)32-14-11-21(12-15-32)27(36)34-18-16-33(17-19-34)23-4-2-3-13-28-23/h2-10,13,21H,11-12,14-19H2,1H3. The van der Waals surface area contributed by atoms with E-state index in [-0.39, 0.29) is 11.8 Å². The van der Waals surface area contributed by atoms with Crippen LogP contribution in [0.3, 0.4) is 0 Å². The Bertz CT molecular complexity index is 1360. The van der Waals surface area contributed by atoms with Crippen molar-refractivity contribution < 1.29 is 9.53 Å². The molecular formula is C27H30N8O2. The minimum absolute atomic E-state index is 0.0613. The van der Waals surface area contributed by atoms with Gasteiger partial charge in [-0.1, -0.05) is 6.07 Å². The zero-order valence-electron chi connectivity index (χ0n) is 20.9. The van der Waals surface area contributed by atoms with Crippen LogP contribution < -0.4 is 14.5 Å². The third kappa shape index (κ3) is 4.66. The molecule has 3 aromatic heterocycles. The second-order valence-corrected chi connectivity index (χ2v) is 9.48. The van der Waals surface area contributed by atoms with Gasteiger partial charge in [-0.15, -0.1) is 15.3 Å². The van der Waals surface area contributed by atoms with Crippen molar-refractivity contribution in [2.24, 2.45) is 5.92 Å². The third-order valence-electron chi connectivity index (χ3n) is 7.33. The van der Waals surface area contributed by atoms with E-state index < -0.39 is 0 Å². The van der Waals surface area contributed by atoms with Gasteiger partial charge in [0.25, 0.3) is 0 Å². The first-order valence-electron chi connectivity index (χ1n) is 12.8. The number of ether oxygens (including phenoxy) is 1. The van der Waals surface area contributed by atoms with Crippen molar-refractivity contribution in [3.63, 3.8) is 0 Å². The maximum atomic E-state index is 13.3. The Morgan fingerprint density at radius 3 is 2.30 bits per heavy atom. The van der Waals surface area contributed by atoms with E-state index in [4.69, 9.17) is 9.84 Å². The molecule has 0 bridgehead atoms. The van der Waals surface area contributed by atoms with Crippen LogP contribution in [0.1, 0.15) is 12.8 Å². The Balaban J connectivity index is 1.08. The average Bonchev–Trinajstić information content (AvgIpc) is 3.41. The van der Waals surface area contributed by atoms with Gasteiger partial charge in [-0.2, -0.15) is 4.52 Å². The van der Waals surface area contributed by atoms with Crippen molar-refractivity contribution in [1.29, 1.82) is 0 Å². The molecule has 5 heterocycles. The number of amides is 1. The van der Waals surface area contributed by atoms with E-state index in [0.29, 0.717) is 11.5 Å². The monoisotopic (exact) mass is 498 g/mol. The van der Waals surface area contributed by atoms with Crippen molar-refractivity contribution in [3.8, 4) is 17.1 Å². The number of hydrogen-bond acceptors (Lipinski definition) is 8. The summed E-state index contributed by atoms with van der Waals surface area (Å²) in [5.41, 5.74) is 1.62. The van der Waals surface area contributed by atoms with Crippen LogP contribution in [0.5, 0.6) is 5.75 Å². The zero-order chi connectivity index (χ0) is 25.2. The predicted octanol–water partition coefficient (Wildman–Crippen LogP) is 2.76. The Kier molecular flexibility index (Phi) is 6.30. The van der Waals surface area contributed by atoms with Crippen molar-refractivity contribution in [1.82, 2.24) is 29.7 Å². The summed E-state index contributed by atoms with van der Waals surface area (Å²) >= 11 is 0. The number of nitrogens with zero attached hydrogens (tertiary/aromatic N) is 8. The minimum atomic E-state index is 0.0613. The van der Waals surface area contributed by atoms with Gasteiger partial charge < -0.3 is 19.4 Å². The van der Waals surface area contributed by atoms with Crippen molar-refractivity contribution in [3.05, 3.63) is 60.8 Å². The fourth-order valence-electron chi connectivity index (χ4n) is 5.18. The van der Waals surface area contributed by atoms with Crippen LogP contribution in [0.4, 0.5) is 11.6 Å². The van der Waals surface area contributed by atoms with Gasteiger partial charge in [0.05, 0.1) is 7.11 Å². The first-order chi connectivity index (χ1) is 18.2. The molecule has 0 saturated carbocycles. The van der Waals surface area contributed by atoms with Crippen molar-refractivity contribution in [2.45, 2.75) is 12.8 Å². The number of anilines is 2. The van der Waals surface area contributed by atoms with E-state index in [0.717, 1.165) is 75.1 Å². The molecule has 0 aliphatic carbocycles. The van der Waals surface area contributed by atoms with Gasteiger partial charge >= 0.3 is 0 Å². The largest absolute Gasteiger partial charge is 0.497 e. The second kappa shape index (κ2) is 10.0. The molecule has 1 amide bonds. The van der Waals surface area contributed by atoms with E-state index in [2.05, 4.69) is 25.0 Å². The molecule has 1 aromatic carbocycles. The maximum Gasteiger partial charge on any atom is 0.225 e. The molecule has 2 saturated heterocycles. The average molecular weight is 499 g/mol. The summed E-state index contributed by atoms with van der Waals surface area (Å²) in [5, 5.41) is 13.5. The zero-order valence-corrected chi connectivity index (χ0v) is 20.9. The highest BCUT2D eigenvalue weighted by atomic mass is 16.5. The highest BCUT2D eigenvalue weighted by Gasteiger charge is 2.31. The number of piperidine rings is 1. The van der Waals surface area contributed by atoms with Crippen LogP contribution in [0.2, 0.25) is 0 Å². The third-order valence-corrected chi connectivity index (χ3v) is 7.33. The molecule has 0 atom stereocenters.